The Morgan fingerprint density at radius 3 is 2.94 bits per heavy atom. The molecule has 0 spiro atoms. The monoisotopic (exact) mass is 249 g/mol. The molecule has 1 aromatic carbocycles. The van der Waals surface area contributed by atoms with Gasteiger partial charge in [-0.1, -0.05) is 22.9 Å². The minimum Gasteiger partial charge on any atom is -0.386 e. The number of hydrogen-bond acceptors (Lipinski definition) is 4. The number of nitrogens with zero attached hydrogens (tertiary/aromatic N) is 3. The zero-order valence-electron chi connectivity index (χ0n) is 9.87. The van der Waals surface area contributed by atoms with Crippen LogP contribution < -0.4 is 0 Å². The lowest BCUT2D eigenvalue weighted by Crippen LogP contribution is -2.07. The van der Waals surface area contributed by atoms with Crippen LogP contribution in [0, 0.1) is 6.92 Å². The molecule has 0 radical (unpaired) electrons. The lowest BCUT2D eigenvalue weighted by atomic mass is 10.2. The van der Waals surface area contributed by atoms with Crippen LogP contribution in [0.3, 0.4) is 0 Å². The average molecular weight is 249 g/mol. The van der Waals surface area contributed by atoms with E-state index in [1.54, 1.807) is 29.7 Å². The van der Waals surface area contributed by atoms with Gasteiger partial charge in [0, 0.05) is 17.7 Å². The molecule has 0 saturated carbocycles. The van der Waals surface area contributed by atoms with E-state index in [-0.39, 0.29) is 0 Å². The van der Waals surface area contributed by atoms with Gasteiger partial charge in [0.1, 0.15) is 6.10 Å². The van der Waals surface area contributed by atoms with E-state index in [4.69, 9.17) is 0 Å². The Morgan fingerprint density at radius 2 is 2.29 bits per heavy atom. The molecule has 0 fully saturated rings. The predicted molar refractivity (Wildman–Crippen MR) is 67.9 cm³/mol. The van der Waals surface area contributed by atoms with Crippen molar-refractivity contribution in [3.05, 3.63) is 41.7 Å². The Labute approximate surface area is 105 Å². The maximum Gasteiger partial charge on any atom is 0.107 e. The molecule has 5 heteroatoms. The molecule has 0 aliphatic heterocycles. The van der Waals surface area contributed by atoms with Crippen LogP contribution in [0.15, 0.2) is 35.4 Å². The predicted octanol–water partition coefficient (Wildman–Crippen LogP) is 1.95. The summed E-state index contributed by atoms with van der Waals surface area (Å²) in [5.74, 6) is 0.602. The van der Waals surface area contributed by atoms with Gasteiger partial charge in [-0.15, -0.1) is 16.9 Å². The molecule has 1 unspecified atom stereocenters. The van der Waals surface area contributed by atoms with E-state index in [0.717, 1.165) is 5.69 Å². The van der Waals surface area contributed by atoms with Crippen LogP contribution in [-0.4, -0.2) is 25.9 Å². The Morgan fingerprint density at radius 1 is 1.47 bits per heavy atom. The number of aliphatic hydroxyl groups excluding tert-OH is 1. The van der Waals surface area contributed by atoms with E-state index < -0.39 is 6.10 Å². The van der Waals surface area contributed by atoms with Crippen molar-refractivity contribution < 1.29 is 5.11 Å². The summed E-state index contributed by atoms with van der Waals surface area (Å²) >= 11 is 1.63. The molecule has 4 nitrogen and oxygen atoms in total. The van der Waals surface area contributed by atoms with Gasteiger partial charge in [-0.2, -0.15) is 0 Å². The number of aromatic nitrogens is 3. The summed E-state index contributed by atoms with van der Waals surface area (Å²) in [5, 5.41) is 17.6. The molecular formula is C12H15N3OS. The fourth-order valence-electron chi connectivity index (χ4n) is 1.57. The minimum absolute atomic E-state index is 0.541. The van der Waals surface area contributed by atoms with E-state index in [2.05, 4.69) is 29.4 Å². The summed E-state index contributed by atoms with van der Waals surface area (Å²) < 4.78 is 1.60. The maximum atomic E-state index is 10.00. The second-order valence-electron chi connectivity index (χ2n) is 3.93. The third kappa shape index (κ3) is 3.08. The first kappa shape index (κ1) is 12.1. The van der Waals surface area contributed by atoms with Crippen molar-refractivity contribution in [2.75, 3.05) is 5.75 Å². The second kappa shape index (κ2) is 5.33. The molecular weight excluding hydrogens is 234 g/mol. The lowest BCUT2D eigenvalue weighted by Gasteiger charge is -2.09. The summed E-state index contributed by atoms with van der Waals surface area (Å²) in [7, 11) is 1.78. The maximum absolute atomic E-state index is 10.00. The third-order valence-corrected chi connectivity index (χ3v) is 3.56. The summed E-state index contributed by atoms with van der Waals surface area (Å²) in [6.45, 7) is 2.06. The van der Waals surface area contributed by atoms with Crippen molar-refractivity contribution in [3.8, 4) is 0 Å². The highest BCUT2D eigenvalue weighted by Gasteiger charge is 2.12. The third-order valence-electron chi connectivity index (χ3n) is 2.49. The van der Waals surface area contributed by atoms with Gasteiger partial charge in [-0.3, -0.25) is 0 Å². The van der Waals surface area contributed by atoms with E-state index in [1.165, 1.54) is 10.5 Å². The molecule has 17 heavy (non-hydrogen) atoms. The molecule has 1 heterocycles. The van der Waals surface area contributed by atoms with Crippen molar-refractivity contribution in [2.24, 2.45) is 7.05 Å². The Kier molecular flexibility index (Phi) is 3.81. The van der Waals surface area contributed by atoms with Crippen LogP contribution >= 0.6 is 11.8 Å². The van der Waals surface area contributed by atoms with Crippen LogP contribution in [0.1, 0.15) is 17.4 Å². The first-order valence-corrected chi connectivity index (χ1v) is 6.37. The van der Waals surface area contributed by atoms with Crippen molar-refractivity contribution >= 4 is 11.8 Å². The summed E-state index contributed by atoms with van der Waals surface area (Å²) in [4.78, 5) is 1.17. The van der Waals surface area contributed by atoms with Gasteiger partial charge in [0.2, 0.25) is 0 Å². The second-order valence-corrected chi connectivity index (χ2v) is 5.02. The van der Waals surface area contributed by atoms with Gasteiger partial charge in [-0.25, -0.2) is 4.68 Å². The van der Waals surface area contributed by atoms with E-state index in [1.807, 2.05) is 12.1 Å². The van der Waals surface area contributed by atoms with Crippen molar-refractivity contribution in [1.82, 2.24) is 15.0 Å². The fourth-order valence-corrected chi connectivity index (χ4v) is 2.53. The van der Waals surface area contributed by atoms with Gasteiger partial charge in [0.05, 0.1) is 11.9 Å². The number of rotatable bonds is 4. The first-order valence-electron chi connectivity index (χ1n) is 5.39. The molecule has 2 rings (SSSR count). The van der Waals surface area contributed by atoms with E-state index >= 15 is 0 Å². The molecule has 1 atom stereocenters. The number of aryl methyl sites for hydroxylation is 2. The Balaban J connectivity index is 1.97. The molecule has 0 aliphatic rings. The van der Waals surface area contributed by atoms with Gasteiger partial charge < -0.3 is 5.11 Å². The van der Waals surface area contributed by atoms with Crippen LogP contribution in [-0.2, 0) is 7.05 Å². The van der Waals surface area contributed by atoms with Gasteiger partial charge in [0.15, 0.2) is 0 Å². The highest BCUT2D eigenvalue weighted by Crippen LogP contribution is 2.24. The largest absolute Gasteiger partial charge is 0.386 e. The summed E-state index contributed by atoms with van der Waals surface area (Å²) in [6, 6.07) is 8.24. The number of hydrogen-bond donors (Lipinski definition) is 1. The van der Waals surface area contributed by atoms with Crippen LogP contribution in [0.4, 0.5) is 0 Å². The topological polar surface area (TPSA) is 50.9 Å². The van der Waals surface area contributed by atoms with E-state index in [0.29, 0.717) is 5.75 Å². The fraction of sp³-hybridized carbons (Fsp3) is 0.333. The standard InChI is InChI=1S/C12H15N3OS/c1-9-4-3-5-10(6-9)17-8-12(16)11-7-13-14-15(11)2/h3-7,12,16H,8H2,1-2H3. The highest BCUT2D eigenvalue weighted by atomic mass is 32.2. The smallest absolute Gasteiger partial charge is 0.107 e. The highest BCUT2D eigenvalue weighted by molar-refractivity contribution is 7.99. The van der Waals surface area contributed by atoms with Gasteiger partial charge >= 0.3 is 0 Å². The number of benzene rings is 1. The van der Waals surface area contributed by atoms with Gasteiger partial charge in [0.25, 0.3) is 0 Å². The number of thioether (sulfide) groups is 1. The van der Waals surface area contributed by atoms with Crippen molar-refractivity contribution in [1.29, 1.82) is 0 Å². The normalized spacial score (nSPS) is 12.6. The summed E-state index contributed by atoms with van der Waals surface area (Å²) in [5.41, 5.74) is 1.97. The molecule has 90 valence electrons. The Bertz CT molecular complexity index is 498. The SMILES string of the molecule is Cc1cccc(SCC(O)c2cnnn2C)c1. The van der Waals surface area contributed by atoms with Crippen LogP contribution in [0.2, 0.25) is 0 Å². The van der Waals surface area contributed by atoms with E-state index in [9.17, 15) is 5.11 Å². The molecule has 1 aromatic heterocycles. The lowest BCUT2D eigenvalue weighted by molar-refractivity contribution is 0.193. The average Bonchev–Trinajstić information content (AvgIpc) is 2.72. The molecule has 0 aliphatic carbocycles. The van der Waals surface area contributed by atoms with Crippen molar-refractivity contribution in [2.45, 2.75) is 17.9 Å². The number of aliphatic hydroxyl groups is 1. The molecule has 2 aromatic rings. The quantitative estimate of drug-likeness (QED) is 0.841. The first-order chi connectivity index (χ1) is 8.16. The van der Waals surface area contributed by atoms with Crippen LogP contribution in [0.5, 0.6) is 0 Å². The zero-order valence-corrected chi connectivity index (χ0v) is 10.7. The molecule has 0 saturated heterocycles. The molecule has 0 amide bonds. The van der Waals surface area contributed by atoms with Gasteiger partial charge in [-0.05, 0) is 19.1 Å². The zero-order chi connectivity index (χ0) is 12.3. The molecule has 1 N–H and O–H groups in total. The summed E-state index contributed by atoms with van der Waals surface area (Å²) in [6.07, 6.45) is 1.06. The Hall–Kier alpha value is -1.33. The molecule has 0 bridgehead atoms. The van der Waals surface area contributed by atoms with Crippen molar-refractivity contribution in [3.63, 3.8) is 0 Å². The minimum atomic E-state index is -0.541. The van der Waals surface area contributed by atoms with Crippen LogP contribution in [0.25, 0.3) is 0 Å².